The van der Waals surface area contributed by atoms with Gasteiger partial charge >= 0.3 is 5.97 Å². The molecule has 0 fully saturated rings. The van der Waals surface area contributed by atoms with Crippen molar-refractivity contribution < 1.29 is 19.7 Å². The first kappa shape index (κ1) is 12.9. The second kappa shape index (κ2) is 7.32. The monoisotopic (exact) mass is 218 g/mol. The summed E-state index contributed by atoms with van der Waals surface area (Å²) >= 11 is 5.56. The van der Waals surface area contributed by atoms with Crippen molar-refractivity contribution in [2.45, 2.75) is 0 Å². The number of hydrogen-bond acceptors (Lipinski definition) is 4. The van der Waals surface area contributed by atoms with E-state index in [1.165, 1.54) is 12.1 Å². The Kier molecular flexibility index (Phi) is 6.74. The molecule has 1 rings (SSSR count). The maximum absolute atomic E-state index is 10.6. The van der Waals surface area contributed by atoms with Crippen LogP contribution in [0.2, 0.25) is 5.02 Å². The van der Waals surface area contributed by atoms with Gasteiger partial charge in [-0.15, -0.1) is 0 Å². The molecule has 0 atom stereocenters. The summed E-state index contributed by atoms with van der Waals surface area (Å²) in [4.78, 5) is 14.1. The quantitative estimate of drug-likeness (QED) is 0.580. The molecule has 0 spiro atoms. The second-order valence-corrected chi connectivity index (χ2v) is 2.73. The predicted octanol–water partition coefficient (Wildman–Crippen LogP) is 2.23. The van der Waals surface area contributed by atoms with E-state index in [-0.39, 0.29) is 5.56 Å². The van der Waals surface area contributed by atoms with E-state index in [0.717, 1.165) is 0 Å². The van der Waals surface area contributed by atoms with Gasteiger partial charge in [0.2, 0.25) is 0 Å². The molecule has 0 aromatic heterocycles. The van der Waals surface area contributed by atoms with E-state index in [0.29, 0.717) is 5.02 Å². The molecule has 0 heterocycles. The molecule has 0 saturated heterocycles. The number of carbonyl (C=O) groups excluding carboxylic acids is 1. The van der Waals surface area contributed by atoms with Crippen molar-refractivity contribution in [3.63, 3.8) is 0 Å². The van der Waals surface area contributed by atoms with E-state index in [4.69, 9.17) is 16.9 Å². The van der Waals surface area contributed by atoms with Gasteiger partial charge in [0.25, 0.3) is 0 Å². The zero-order chi connectivity index (χ0) is 11.0. The molecule has 0 radical (unpaired) electrons. The van der Waals surface area contributed by atoms with Crippen molar-refractivity contribution in [2.75, 3.05) is 14.2 Å². The van der Waals surface area contributed by atoms with E-state index in [1.54, 1.807) is 26.4 Å². The first-order valence-corrected chi connectivity index (χ1v) is 4.05. The van der Waals surface area contributed by atoms with Gasteiger partial charge in [-0.05, 0) is 18.2 Å². The van der Waals surface area contributed by atoms with Crippen LogP contribution in [0.15, 0.2) is 24.3 Å². The molecule has 5 heteroatoms. The third-order valence-electron chi connectivity index (χ3n) is 1.14. The lowest BCUT2D eigenvalue weighted by atomic mass is 10.2. The predicted molar refractivity (Wildman–Crippen MR) is 52.4 cm³/mol. The maximum Gasteiger partial charge on any atom is 0.372 e. The fourth-order valence-corrected chi connectivity index (χ4v) is 0.858. The van der Waals surface area contributed by atoms with Crippen molar-refractivity contribution in [3.05, 3.63) is 34.9 Å². The van der Waals surface area contributed by atoms with Crippen LogP contribution in [0.3, 0.4) is 0 Å². The fourth-order valence-electron chi connectivity index (χ4n) is 0.668. The van der Waals surface area contributed by atoms with E-state index >= 15 is 0 Å². The number of halogens is 1. The molecular weight excluding hydrogens is 208 g/mol. The Bertz CT molecular complexity index is 288. The van der Waals surface area contributed by atoms with Crippen LogP contribution in [0.5, 0.6) is 0 Å². The number of benzene rings is 1. The molecule has 0 aliphatic heterocycles. The standard InChI is InChI=1S/C7H5ClO3.C2H6O/c8-6-3-1-2-5(4-6)7(9)11-10;1-3-2/h1-4,10H;1-2H3. The summed E-state index contributed by atoms with van der Waals surface area (Å²) in [5.41, 5.74) is 0.222. The van der Waals surface area contributed by atoms with Crippen LogP contribution in [0, 0.1) is 0 Å². The van der Waals surface area contributed by atoms with Gasteiger partial charge in [0, 0.05) is 19.2 Å². The highest BCUT2D eigenvalue weighted by Crippen LogP contribution is 2.10. The minimum Gasteiger partial charge on any atom is -0.388 e. The van der Waals surface area contributed by atoms with Gasteiger partial charge in [-0.2, -0.15) is 5.26 Å². The van der Waals surface area contributed by atoms with E-state index in [1.807, 2.05) is 0 Å². The minimum atomic E-state index is -0.813. The number of carbonyl (C=O) groups is 1. The smallest absolute Gasteiger partial charge is 0.372 e. The highest BCUT2D eigenvalue weighted by atomic mass is 35.5. The summed E-state index contributed by atoms with van der Waals surface area (Å²) in [6.07, 6.45) is 0. The molecular formula is C9H11ClO4. The van der Waals surface area contributed by atoms with Gasteiger partial charge in [-0.1, -0.05) is 17.7 Å². The number of methoxy groups -OCH3 is 1. The molecule has 0 aliphatic rings. The fraction of sp³-hybridized carbons (Fsp3) is 0.222. The second-order valence-electron chi connectivity index (χ2n) is 2.30. The van der Waals surface area contributed by atoms with E-state index in [2.05, 4.69) is 9.62 Å². The number of rotatable bonds is 1. The summed E-state index contributed by atoms with van der Waals surface area (Å²) in [5, 5.41) is 8.41. The Hall–Kier alpha value is -1.10. The van der Waals surface area contributed by atoms with Crippen LogP contribution >= 0.6 is 11.6 Å². The van der Waals surface area contributed by atoms with Crippen LogP contribution in [-0.4, -0.2) is 25.4 Å². The van der Waals surface area contributed by atoms with Gasteiger partial charge in [-0.3, -0.25) is 4.89 Å². The van der Waals surface area contributed by atoms with Gasteiger partial charge in [0.05, 0.1) is 5.56 Å². The van der Waals surface area contributed by atoms with E-state index in [9.17, 15) is 4.79 Å². The summed E-state index contributed by atoms with van der Waals surface area (Å²) in [5.74, 6) is -0.813. The van der Waals surface area contributed by atoms with Crippen LogP contribution in [0.4, 0.5) is 0 Å². The molecule has 0 unspecified atom stereocenters. The average Bonchev–Trinajstić information content (AvgIpc) is 2.18. The maximum atomic E-state index is 10.6. The molecule has 0 amide bonds. The first-order chi connectivity index (χ1) is 6.65. The minimum absolute atomic E-state index is 0.222. The summed E-state index contributed by atoms with van der Waals surface area (Å²) in [6, 6.07) is 6.11. The number of hydrogen-bond donors (Lipinski definition) is 1. The van der Waals surface area contributed by atoms with Gasteiger partial charge < -0.3 is 4.74 Å². The molecule has 78 valence electrons. The molecule has 0 saturated carbocycles. The largest absolute Gasteiger partial charge is 0.388 e. The molecule has 1 aromatic rings. The normalized spacial score (nSPS) is 8.57. The Morgan fingerprint density at radius 1 is 1.43 bits per heavy atom. The van der Waals surface area contributed by atoms with Crippen molar-refractivity contribution in [1.29, 1.82) is 0 Å². The molecule has 0 bridgehead atoms. The van der Waals surface area contributed by atoms with Gasteiger partial charge in [-0.25, -0.2) is 4.79 Å². The zero-order valence-corrected chi connectivity index (χ0v) is 8.62. The number of ether oxygens (including phenoxy) is 1. The highest BCUT2D eigenvalue weighted by molar-refractivity contribution is 6.30. The van der Waals surface area contributed by atoms with Gasteiger partial charge in [0.15, 0.2) is 0 Å². The van der Waals surface area contributed by atoms with Crippen LogP contribution in [0.1, 0.15) is 10.4 Å². The summed E-state index contributed by atoms with van der Waals surface area (Å²) in [7, 11) is 3.25. The average molecular weight is 219 g/mol. The summed E-state index contributed by atoms with van der Waals surface area (Å²) < 4.78 is 4.25. The van der Waals surface area contributed by atoms with Crippen molar-refractivity contribution in [2.24, 2.45) is 0 Å². The third-order valence-corrected chi connectivity index (χ3v) is 1.38. The Labute approximate surface area is 86.9 Å². The molecule has 1 N–H and O–H groups in total. The Morgan fingerprint density at radius 2 is 2.00 bits per heavy atom. The van der Waals surface area contributed by atoms with Crippen LogP contribution < -0.4 is 0 Å². The topological polar surface area (TPSA) is 55.8 Å². The van der Waals surface area contributed by atoms with Gasteiger partial charge in [0.1, 0.15) is 0 Å². The first-order valence-electron chi connectivity index (χ1n) is 3.67. The summed E-state index contributed by atoms with van der Waals surface area (Å²) in [6.45, 7) is 0. The molecule has 14 heavy (non-hydrogen) atoms. The van der Waals surface area contributed by atoms with Crippen LogP contribution in [0.25, 0.3) is 0 Å². The molecule has 4 nitrogen and oxygen atoms in total. The van der Waals surface area contributed by atoms with Crippen molar-refractivity contribution in [1.82, 2.24) is 0 Å². The molecule has 1 aromatic carbocycles. The lowest BCUT2D eigenvalue weighted by Crippen LogP contribution is -2.00. The van der Waals surface area contributed by atoms with Crippen molar-refractivity contribution >= 4 is 17.6 Å². The zero-order valence-electron chi connectivity index (χ0n) is 7.86. The Balaban J connectivity index is 0.000000500. The Morgan fingerprint density at radius 3 is 2.43 bits per heavy atom. The third kappa shape index (κ3) is 4.81. The molecule has 0 aliphatic carbocycles. The SMILES string of the molecule is COC.O=C(OO)c1cccc(Cl)c1. The lowest BCUT2D eigenvalue weighted by molar-refractivity contribution is -0.182. The van der Waals surface area contributed by atoms with E-state index < -0.39 is 5.97 Å². The highest BCUT2D eigenvalue weighted by Gasteiger charge is 2.05. The lowest BCUT2D eigenvalue weighted by Gasteiger charge is -1.95. The van der Waals surface area contributed by atoms with Crippen LogP contribution in [-0.2, 0) is 9.62 Å². The van der Waals surface area contributed by atoms with Crippen molar-refractivity contribution in [3.8, 4) is 0 Å².